The van der Waals surface area contributed by atoms with Gasteiger partial charge in [-0.25, -0.2) is 0 Å². The Morgan fingerprint density at radius 3 is 2.89 bits per heavy atom. The lowest BCUT2D eigenvalue weighted by atomic mass is 10.1. The zero-order chi connectivity index (χ0) is 12.8. The van der Waals surface area contributed by atoms with Gasteiger partial charge in [-0.2, -0.15) is 0 Å². The third-order valence-electron chi connectivity index (χ3n) is 3.61. The van der Waals surface area contributed by atoms with Crippen LogP contribution in [0.25, 0.3) is 0 Å². The molecule has 2 unspecified atom stereocenters. The Bertz CT molecular complexity index is 367. The summed E-state index contributed by atoms with van der Waals surface area (Å²) in [6, 6.07) is 8.12. The second-order valence-electron chi connectivity index (χ2n) is 4.93. The van der Waals surface area contributed by atoms with Gasteiger partial charge in [0.25, 0.3) is 0 Å². The molecule has 1 fully saturated rings. The maximum atomic E-state index is 9.76. The van der Waals surface area contributed by atoms with Crippen molar-refractivity contribution < 1.29 is 9.84 Å². The maximum absolute atomic E-state index is 9.76. The van der Waals surface area contributed by atoms with Gasteiger partial charge in [-0.15, -0.1) is 0 Å². The first kappa shape index (κ1) is 13.4. The molecule has 3 heteroatoms. The Kier molecular flexibility index (Phi) is 5.02. The molecule has 1 aromatic rings. The number of ether oxygens (including phenoxy) is 1. The molecule has 0 aromatic heterocycles. The number of hydrogen-bond acceptors (Lipinski definition) is 3. The lowest BCUT2D eigenvalue weighted by Crippen LogP contribution is -2.27. The first-order valence-electron chi connectivity index (χ1n) is 6.90. The van der Waals surface area contributed by atoms with Crippen LogP contribution in [0.1, 0.15) is 31.7 Å². The Morgan fingerprint density at radius 1 is 1.33 bits per heavy atom. The van der Waals surface area contributed by atoms with Crippen LogP contribution in [0.15, 0.2) is 24.3 Å². The van der Waals surface area contributed by atoms with Gasteiger partial charge in [0, 0.05) is 18.7 Å². The van der Waals surface area contributed by atoms with Gasteiger partial charge >= 0.3 is 0 Å². The molecular formula is C15H23NO2. The standard InChI is InChI=1S/C15H23NO2/c1-2-18-15-9-4-3-6-13(15)11-16-10-12-7-5-8-14(12)17/h3-4,6,9,12,14,16-17H,2,5,7-8,10-11H2,1H3. The maximum Gasteiger partial charge on any atom is 0.123 e. The fourth-order valence-electron chi connectivity index (χ4n) is 2.59. The van der Waals surface area contributed by atoms with Crippen molar-refractivity contribution in [3.05, 3.63) is 29.8 Å². The van der Waals surface area contributed by atoms with Gasteiger partial charge in [0.05, 0.1) is 12.7 Å². The molecule has 0 amide bonds. The summed E-state index contributed by atoms with van der Waals surface area (Å²) in [6.07, 6.45) is 3.14. The van der Waals surface area contributed by atoms with Gasteiger partial charge in [-0.05, 0) is 31.7 Å². The van der Waals surface area contributed by atoms with E-state index in [-0.39, 0.29) is 6.10 Å². The Morgan fingerprint density at radius 2 is 2.17 bits per heavy atom. The van der Waals surface area contributed by atoms with E-state index in [4.69, 9.17) is 4.74 Å². The minimum absolute atomic E-state index is 0.111. The molecule has 18 heavy (non-hydrogen) atoms. The van der Waals surface area contributed by atoms with Crippen LogP contribution in [0.4, 0.5) is 0 Å². The summed E-state index contributed by atoms with van der Waals surface area (Å²) in [5, 5.41) is 13.2. The first-order chi connectivity index (χ1) is 8.81. The molecule has 2 rings (SSSR count). The van der Waals surface area contributed by atoms with E-state index in [1.54, 1.807) is 0 Å². The highest BCUT2D eigenvalue weighted by atomic mass is 16.5. The minimum Gasteiger partial charge on any atom is -0.494 e. The zero-order valence-corrected chi connectivity index (χ0v) is 11.1. The number of aliphatic hydroxyl groups excluding tert-OH is 1. The van der Waals surface area contributed by atoms with Crippen molar-refractivity contribution in [2.24, 2.45) is 5.92 Å². The van der Waals surface area contributed by atoms with Crippen LogP contribution in [0, 0.1) is 5.92 Å². The molecule has 1 saturated carbocycles. The van der Waals surface area contributed by atoms with Gasteiger partial charge < -0.3 is 15.2 Å². The average Bonchev–Trinajstić information content (AvgIpc) is 2.78. The number of hydrogen-bond donors (Lipinski definition) is 2. The summed E-state index contributed by atoms with van der Waals surface area (Å²) in [6.45, 7) is 4.39. The largest absolute Gasteiger partial charge is 0.494 e. The molecule has 3 nitrogen and oxygen atoms in total. The predicted molar refractivity (Wildman–Crippen MR) is 72.7 cm³/mol. The van der Waals surface area contributed by atoms with Crippen molar-refractivity contribution >= 4 is 0 Å². The van der Waals surface area contributed by atoms with E-state index in [2.05, 4.69) is 11.4 Å². The number of nitrogens with one attached hydrogen (secondary N) is 1. The smallest absolute Gasteiger partial charge is 0.123 e. The van der Waals surface area contributed by atoms with Crippen LogP contribution in [0.3, 0.4) is 0 Å². The Balaban J connectivity index is 1.82. The number of aliphatic hydroxyl groups is 1. The molecule has 100 valence electrons. The van der Waals surface area contributed by atoms with E-state index < -0.39 is 0 Å². The van der Waals surface area contributed by atoms with Crippen molar-refractivity contribution in [1.29, 1.82) is 0 Å². The van der Waals surface area contributed by atoms with Gasteiger partial charge in [-0.1, -0.05) is 24.6 Å². The summed E-state index contributed by atoms with van der Waals surface area (Å²) >= 11 is 0. The third kappa shape index (κ3) is 3.47. The quantitative estimate of drug-likeness (QED) is 0.813. The monoisotopic (exact) mass is 249 g/mol. The van der Waals surface area contributed by atoms with E-state index >= 15 is 0 Å². The van der Waals surface area contributed by atoms with E-state index in [1.165, 1.54) is 5.56 Å². The summed E-state index contributed by atoms with van der Waals surface area (Å²) in [5.41, 5.74) is 1.19. The van der Waals surface area contributed by atoms with Crippen LogP contribution in [0.5, 0.6) is 5.75 Å². The van der Waals surface area contributed by atoms with Gasteiger partial charge in [0.1, 0.15) is 5.75 Å². The predicted octanol–water partition coefficient (Wildman–Crippen LogP) is 2.34. The second kappa shape index (κ2) is 6.76. The van der Waals surface area contributed by atoms with Crippen LogP contribution in [-0.2, 0) is 6.54 Å². The van der Waals surface area contributed by atoms with Crippen LogP contribution < -0.4 is 10.1 Å². The van der Waals surface area contributed by atoms with E-state index in [0.29, 0.717) is 12.5 Å². The highest BCUT2D eigenvalue weighted by molar-refractivity contribution is 5.33. The molecule has 0 aliphatic heterocycles. The van der Waals surface area contributed by atoms with Crippen molar-refractivity contribution in [3.8, 4) is 5.75 Å². The highest BCUT2D eigenvalue weighted by Gasteiger charge is 2.24. The lowest BCUT2D eigenvalue weighted by Gasteiger charge is -2.16. The highest BCUT2D eigenvalue weighted by Crippen LogP contribution is 2.25. The molecular weight excluding hydrogens is 226 g/mol. The van der Waals surface area contributed by atoms with E-state index in [9.17, 15) is 5.11 Å². The van der Waals surface area contributed by atoms with Gasteiger partial charge in [0.2, 0.25) is 0 Å². The number of benzene rings is 1. The minimum atomic E-state index is -0.111. The molecule has 1 aliphatic rings. The molecule has 2 N–H and O–H groups in total. The average molecular weight is 249 g/mol. The normalized spacial score (nSPS) is 23.2. The SMILES string of the molecule is CCOc1ccccc1CNCC1CCCC1O. The number of para-hydroxylation sites is 1. The van der Waals surface area contributed by atoms with E-state index in [0.717, 1.165) is 38.1 Å². The second-order valence-corrected chi connectivity index (χ2v) is 4.93. The molecule has 0 heterocycles. The molecule has 2 atom stereocenters. The molecule has 0 radical (unpaired) electrons. The van der Waals surface area contributed by atoms with Crippen LogP contribution in [0.2, 0.25) is 0 Å². The molecule has 1 aromatic carbocycles. The summed E-state index contributed by atoms with van der Waals surface area (Å²) in [7, 11) is 0. The lowest BCUT2D eigenvalue weighted by molar-refractivity contribution is 0.131. The van der Waals surface area contributed by atoms with Gasteiger partial charge in [0.15, 0.2) is 0 Å². The fourth-order valence-corrected chi connectivity index (χ4v) is 2.59. The Labute approximate surface area is 109 Å². The summed E-state index contributed by atoms with van der Waals surface area (Å²) in [4.78, 5) is 0. The number of rotatable bonds is 6. The van der Waals surface area contributed by atoms with Crippen molar-refractivity contribution in [1.82, 2.24) is 5.32 Å². The summed E-state index contributed by atoms with van der Waals surface area (Å²) < 4.78 is 5.59. The molecule has 1 aliphatic carbocycles. The van der Waals surface area contributed by atoms with Crippen molar-refractivity contribution in [3.63, 3.8) is 0 Å². The summed E-state index contributed by atoms with van der Waals surface area (Å²) in [5.74, 6) is 1.38. The third-order valence-corrected chi connectivity index (χ3v) is 3.61. The van der Waals surface area contributed by atoms with E-state index in [1.807, 2.05) is 25.1 Å². The van der Waals surface area contributed by atoms with Crippen molar-refractivity contribution in [2.45, 2.75) is 38.8 Å². The first-order valence-corrected chi connectivity index (χ1v) is 6.90. The fraction of sp³-hybridized carbons (Fsp3) is 0.600. The Hall–Kier alpha value is -1.06. The van der Waals surface area contributed by atoms with Gasteiger partial charge in [-0.3, -0.25) is 0 Å². The topological polar surface area (TPSA) is 41.5 Å². The zero-order valence-electron chi connectivity index (χ0n) is 11.1. The van der Waals surface area contributed by atoms with Crippen LogP contribution in [-0.4, -0.2) is 24.4 Å². The van der Waals surface area contributed by atoms with Crippen LogP contribution >= 0.6 is 0 Å². The molecule has 0 bridgehead atoms. The molecule has 0 saturated heterocycles. The van der Waals surface area contributed by atoms with Crippen molar-refractivity contribution in [2.75, 3.05) is 13.2 Å². The molecule has 0 spiro atoms.